The first-order chi connectivity index (χ1) is 9.13. The van der Waals surface area contributed by atoms with Crippen LogP contribution in [0, 0.1) is 17.2 Å². The number of aliphatic hydroxyl groups is 1. The minimum atomic E-state index is -0.240. The second-order valence-corrected chi connectivity index (χ2v) is 5.17. The first-order valence-corrected chi connectivity index (χ1v) is 6.61. The third-order valence-corrected chi connectivity index (χ3v) is 3.78. The third kappa shape index (κ3) is 3.25. The highest BCUT2D eigenvalue weighted by atomic mass is 16.5. The summed E-state index contributed by atoms with van der Waals surface area (Å²) in [6.45, 7) is 4.60. The van der Waals surface area contributed by atoms with Gasteiger partial charge in [0.05, 0.1) is 18.8 Å². The Balaban J connectivity index is 2.03. The highest BCUT2D eigenvalue weighted by Crippen LogP contribution is 2.24. The fourth-order valence-electron chi connectivity index (χ4n) is 2.60. The van der Waals surface area contributed by atoms with Crippen molar-refractivity contribution >= 4 is 0 Å². The molecule has 0 saturated carbocycles. The zero-order valence-electron chi connectivity index (χ0n) is 11.5. The minimum Gasteiger partial charge on any atom is -0.495 e. The number of aliphatic hydroxyl groups excluding tert-OH is 1. The van der Waals surface area contributed by atoms with Gasteiger partial charge in [0.1, 0.15) is 11.8 Å². The van der Waals surface area contributed by atoms with E-state index in [4.69, 9.17) is 10.00 Å². The Bertz CT molecular complexity index is 480. The third-order valence-electron chi connectivity index (χ3n) is 3.78. The molecule has 0 aromatic heterocycles. The molecule has 1 N–H and O–H groups in total. The van der Waals surface area contributed by atoms with Crippen LogP contribution < -0.4 is 4.74 Å². The molecular weight excluding hydrogens is 240 g/mol. The molecule has 4 heteroatoms. The van der Waals surface area contributed by atoms with E-state index in [0.29, 0.717) is 17.2 Å². The first-order valence-electron chi connectivity index (χ1n) is 6.61. The molecule has 4 nitrogen and oxygen atoms in total. The molecule has 1 aromatic rings. The summed E-state index contributed by atoms with van der Waals surface area (Å²) >= 11 is 0. The van der Waals surface area contributed by atoms with Crippen molar-refractivity contribution in [2.24, 2.45) is 5.92 Å². The van der Waals surface area contributed by atoms with Gasteiger partial charge >= 0.3 is 0 Å². The van der Waals surface area contributed by atoms with Gasteiger partial charge in [-0.1, -0.05) is 6.07 Å². The lowest BCUT2D eigenvalue weighted by Gasteiger charge is -2.17. The highest BCUT2D eigenvalue weighted by Gasteiger charge is 2.25. The normalized spacial score (nSPS) is 21.1. The van der Waals surface area contributed by atoms with Gasteiger partial charge in [0, 0.05) is 13.1 Å². The number of methoxy groups -OCH3 is 1. The predicted molar refractivity (Wildman–Crippen MR) is 72.8 cm³/mol. The molecule has 0 bridgehead atoms. The van der Waals surface area contributed by atoms with Crippen LogP contribution in [0.1, 0.15) is 24.5 Å². The van der Waals surface area contributed by atoms with E-state index in [1.54, 1.807) is 7.11 Å². The van der Waals surface area contributed by atoms with Gasteiger partial charge in [-0.05, 0) is 43.5 Å². The van der Waals surface area contributed by atoms with Gasteiger partial charge in [-0.15, -0.1) is 0 Å². The van der Waals surface area contributed by atoms with Crippen molar-refractivity contribution in [3.8, 4) is 11.8 Å². The molecule has 1 fully saturated rings. The number of nitrogens with zero attached hydrogens (tertiary/aromatic N) is 2. The van der Waals surface area contributed by atoms with E-state index in [1.807, 2.05) is 25.1 Å². The summed E-state index contributed by atoms with van der Waals surface area (Å²) in [6.07, 6.45) is 0.800. The Morgan fingerprint density at radius 3 is 2.95 bits per heavy atom. The monoisotopic (exact) mass is 260 g/mol. The molecule has 0 amide bonds. The molecule has 2 atom stereocenters. The van der Waals surface area contributed by atoms with Crippen LogP contribution in [0.25, 0.3) is 0 Å². The molecule has 0 aliphatic carbocycles. The topological polar surface area (TPSA) is 56.5 Å². The Kier molecular flexibility index (Phi) is 4.41. The quantitative estimate of drug-likeness (QED) is 0.896. The summed E-state index contributed by atoms with van der Waals surface area (Å²) in [5, 5.41) is 18.7. The van der Waals surface area contributed by atoms with Crippen LogP contribution in [-0.2, 0) is 6.54 Å². The Morgan fingerprint density at radius 1 is 1.58 bits per heavy atom. The molecule has 1 aliphatic rings. The van der Waals surface area contributed by atoms with Crippen LogP contribution in [-0.4, -0.2) is 36.3 Å². The average Bonchev–Trinajstić information content (AvgIpc) is 2.87. The first kappa shape index (κ1) is 13.9. The summed E-state index contributed by atoms with van der Waals surface area (Å²) in [5.74, 6) is 0.989. The van der Waals surface area contributed by atoms with E-state index in [2.05, 4.69) is 11.0 Å². The Morgan fingerprint density at radius 2 is 2.37 bits per heavy atom. The molecule has 1 aliphatic heterocycles. The van der Waals surface area contributed by atoms with Crippen molar-refractivity contribution in [3.63, 3.8) is 0 Å². The molecule has 1 aromatic carbocycles. The number of benzene rings is 1. The van der Waals surface area contributed by atoms with Crippen LogP contribution in [0.15, 0.2) is 18.2 Å². The predicted octanol–water partition coefficient (Wildman–Crippen LogP) is 1.77. The largest absolute Gasteiger partial charge is 0.495 e. The second-order valence-electron chi connectivity index (χ2n) is 5.17. The average molecular weight is 260 g/mol. The molecule has 1 saturated heterocycles. The van der Waals surface area contributed by atoms with Crippen LogP contribution in [0.2, 0.25) is 0 Å². The van der Waals surface area contributed by atoms with Gasteiger partial charge < -0.3 is 9.84 Å². The maximum atomic E-state index is 9.60. The van der Waals surface area contributed by atoms with Gasteiger partial charge in [-0.2, -0.15) is 5.26 Å². The molecule has 0 spiro atoms. The van der Waals surface area contributed by atoms with E-state index in [-0.39, 0.29) is 6.10 Å². The van der Waals surface area contributed by atoms with E-state index in [0.717, 1.165) is 31.6 Å². The number of nitriles is 1. The molecule has 19 heavy (non-hydrogen) atoms. The number of hydrogen-bond acceptors (Lipinski definition) is 4. The van der Waals surface area contributed by atoms with Crippen LogP contribution in [0.3, 0.4) is 0 Å². The maximum Gasteiger partial charge on any atom is 0.136 e. The van der Waals surface area contributed by atoms with Crippen LogP contribution in [0.5, 0.6) is 5.75 Å². The molecule has 2 rings (SSSR count). The SMILES string of the molecule is COc1ccc(CN2CCC(C(C)O)C2)cc1C#N. The maximum absolute atomic E-state index is 9.60. The van der Waals surface area contributed by atoms with Gasteiger partial charge in [-0.3, -0.25) is 4.90 Å². The zero-order chi connectivity index (χ0) is 13.8. The molecular formula is C15H20N2O2. The van der Waals surface area contributed by atoms with Crippen LogP contribution >= 0.6 is 0 Å². The van der Waals surface area contributed by atoms with Crippen molar-refractivity contribution < 1.29 is 9.84 Å². The standard InChI is InChI=1S/C15H20N2O2/c1-11(18)13-5-6-17(10-13)9-12-3-4-15(19-2)14(7-12)8-16/h3-4,7,11,13,18H,5-6,9-10H2,1-2H3. The van der Waals surface area contributed by atoms with Crippen molar-refractivity contribution in [2.75, 3.05) is 20.2 Å². The summed E-state index contributed by atoms with van der Waals surface area (Å²) in [5.41, 5.74) is 1.69. The Labute approximate surface area is 114 Å². The number of ether oxygens (including phenoxy) is 1. The lowest BCUT2D eigenvalue weighted by Crippen LogP contribution is -2.24. The van der Waals surface area contributed by atoms with Crippen molar-refractivity contribution in [1.29, 1.82) is 5.26 Å². The highest BCUT2D eigenvalue weighted by molar-refractivity contribution is 5.45. The fraction of sp³-hybridized carbons (Fsp3) is 0.533. The summed E-state index contributed by atoms with van der Waals surface area (Å²) in [6, 6.07) is 7.88. The molecule has 0 radical (unpaired) electrons. The lowest BCUT2D eigenvalue weighted by molar-refractivity contribution is 0.127. The van der Waals surface area contributed by atoms with Crippen molar-refractivity contribution in [1.82, 2.24) is 4.90 Å². The van der Waals surface area contributed by atoms with Crippen molar-refractivity contribution in [3.05, 3.63) is 29.3 Å². The summed E-state index contributed by atoms with van der Waals surface area (Å²) in [7, 11) is 1.57. The van der Waals surface area contributed by atoms with E-state index < -0.39 is 0 Å². The van der Waals surface area contributed by atoms with E-state index in [1.165, 1.54) is 0 Å². The minimum absolute atomic E-state index is 0.240. The van der Waals surface area contributed by atoms with Gasteiger partial charge in [-0.25, -0.2) is 0 Å². The number of likely N-dealkylation sites (tertiary alicyclic amines) is 1. The lowest BCUT2D eigenvalue weighted by atomic mass is 10.0. The van der Waals surface area contributed by atoms with Crippen LogP contribution in [0.4, 0.5) is 0 Å². The smallest absolute Gasteiger partial charge is 0.136 e. The molecule has 1 heterocycles. The molecule has 102 valence electrons. The second kappa shape index (κ2) is 6.05. The summed E-state index contributed by atoms with van der Waals surface area (Å²) in [4.78, 5) is 2.32. The van der Waals surface area contributed by atoms with E-state index in [9.17, 15) is 5.11 Å². The van der Waals surface area contributed by atoms with E-state index >= 15 is 0 Å². The fourth-order valence-corrected chi connectivity index (χ4v) is 2.60. The Hall–Kier alpha value is -1.57. The van der Waals surface area contributed by atoms with Gasteiger partial charge in [0.2, 0.25) is 0 Å². The van der Waals surface area contributed by atoms with Crippen molar-refractivity contribution in [2.45, 2.75) is 26.0 Å². The molecule has 2 unspecified atom stereocenters. The van der Waals surface area contributed by atoms with Gasteiger partial charge in [0.25, 0.3) is 0 Å². The van der Waals surface area contributed by atoms with Gasteiger partial charge in [0.15, 0.2) is 0 Å². The summed E-state index contributed by atoms with van der Waals surface area (Å²) < 4.78 is 5.14. The number of hydrogen-bond donors (Lipinski definition) is 1. The number of rotatable bonds is 4. The zero-order valence-corrected chi connectivity index (χ0v) is 11.5.